The number of urea groups is 1. The van der Waals surface area contributed by atoms with Gasteiger partial charge in [-0.3, -0.25) is 4.98 Å². The van der Waals surface area contributed by atoms with Crippen molar-refractivity contribution in [3.63, 3.8) is 0 Å². The molecule has 2 aromatic heterocycles. The highest BCUT2D eigenvalue weighted by Gasteiger charge is 2.21. The van der Waals surface area contributed by atoms with Crippen LogP contribution in [0.25, 0.3) is 0 Å². The Kier molecular flexibility index (Phi) is 5.51. The van der Waals surface area contributed by atoms with Crippen molar-refractivity contribution in [1.82, 2.24) is 14.9 Å². The van der Waals surface area contributed by atoms with E-state index in [1.807, 2.05) is 12.1 Å². The van der Waals surface area contributed by atoms with Gasteiger partial charge < -0.3 is 19.9 Å². The summed E-state index contributed by atoms with van der Waals surface area (Å²) < 4.78 is 18.5. The number of ether oxygens (including phenoxy) is 1. The Hall–Kier alpha value is -3.68. The maximum Gasteiger partial charge on any atom is 0.322 e. The summed E-state index contributed by atoms with van der Waals surface area (Å²) in [5.41, 5.74) is 1.69. The molecule has 0 aliphatic carbocycles. The van der Waals surface area contributed by atoms with E-state index in [-0.39, 0.29) is 11.8 Å². The molecule has 1 saturated heterocycles. The van der Waals surface area contributed by atoms with Gasteiger partial charge in [-0.25, -0.2) is 14.2 Å². The van der Waals surface area contributed by atoms with E-state index in [4.69, 9.17) is 4.74 Å². The van der Waals surface area contributed by atoms with E-state index in [0.717, 1.165) is 18.8 Å². The number of halogens is 1. The molecule has 1 fully saturated rings. The standard InChI is InChI=1S/C21H20FN5O2/c22-16-1-4-19(5-2-16)29-20-6-3-17(15-24-20)25-21(28)27-13-11-26(12-14-27)18-7-9-23-10-8-18/h1-10,15H,11-14H2,(H,25,28). The van der Waals surface area contributed by atoms with Gasteiger partial charge in [0.2, 0.25) is 5.88 Å². The van der Waals surface area contributed by atoms with E-state index in [0.29, 0.717) is 30.4 Å². The number of anilines is 2. The molecule has 4 rings (SSSR count). The van der Waals surface area contributed by atoms with Crippen molar-refractivity contribution in [3.05, 3.63) is 72.9 Å². The number of carbonyl (C=O) groups is 1. The number of benzene rings is 1. The van der Waals surface area contributed by atoms with Crippen LogP contribution in [0.15, 0.2) is 67.1 Å². The average molecular weight is 393 g/mol. The summed E-state index contributed by atoms with van der Waals surface area (Å²) in [6.45, 7) is 2.79. The molecule has 7 nitrogen and oxygen atoms in total. The summed E-state index contributed by atoms with van der Waals surface area (Å²) in [6.07, 6.45) is 5.07. The fraction of sp³-hybridized carbons (Fsp3) is 0.190. The lowest BCUT2D eigenvalue weighted by atomic mass is 10.3. The number of nitrogens with one attached hydrogen (secondary N) is 1. The Bertz CT molecular complexity index is 943. The third-order valence-electron chi connectivity index (χ3n) is 4.62. The van der Waals surface area contributed by atoms with Crippen LogP contribution in [0.1, 0.15) is 0 Å². The van der Waals surface area contributed by atoms with Crippen LogP contribution in [0.4, 0.5) is 20.6 Å². The van der Waals surface area contributed by atoms with Crippen LogP contribution in [0.3, 0.4) is 0 Å². The smallest absolute Gasteiger partial charge is 0.322 e. The summed E-state index contributed by atoms with van der Waals surface area (Å²) in [7, 11) is 0. The maximum atomic E-state index is 12.9. The van der Waals surface area contributed by atoms with Crippen molar-refractivity contribution < 1.29 is 13.9 Å². The van der Waals surface area contributed by atoms with Crippen molar-refractivity contribution in [2.45, 2.75) is 0 Å². The first-order chi connectivity index (χ1) is 14.2. The van der Waals surface area contributed by atoms with Gasteiger partial charge in [0, 0.05) is 50.3 Å². The third-order valence-corrected chi connectivity index (χ3v) is 4.62. The van der Waals surface area contributed by atoms with E-state index in [1.165, 1.54) is 30.5 Å². The minimum absolute atomic E-state index is 0.159. The number of piperazine rings is 1. The molecule has 0 radical (unpaired) electrons. The molecule has 1 aliphatic rings. The zero-order valence-corrected chi connectivity index (χ0v) is 15.7. The number of hydrogen-bond acceptors (Lipinski definition) is 5. The summed E-state index contributed by atoms with van der Waals surface area (Å²) in [4.78, 5) is 24.7. The molecule has 0 spiro atoms. The fourth-order valence-electron chi connectivity index (χ4n) is 3.06. The van der Waals surface area contributed by atoms with E-state index in [1.54, 1.807) is 29.4 Å². The molecule has 1 aliphatic heterocycles. The highest BCUT2D eigenvalue weighted by Crippen LogP contribution is 2.21. The molecule has 0 atom stereocenters. The zero-order valence-electron chi connectivity index (χ0n) is 15.7. The Morgan fingerprint density at radius 3 is 2.34 bits per heavy atom. The SMILES string of the molecule is O=C(Nc1ccc(Oc2ccc(F)cc2)nc1)N1CCN(c2ccncc2)CC1. The monoisotopic (exact) mass is 393 g/mol. The van der Waals surface area contributed by atoms with Crippen molar-refractivity contribution in [1.29, 1.82) is 0 Å². The van der Waals surface area contributed by atoms with Gasteiger partial charge in [0.15, 0.2) is 0 Å². The molecule has 0 bridgehead atoms. The molecule has 8 heteroatoms. The van der Waals surface area contributed by atoms with Crippen molar-refractivity contribution >= 4 is 17.4 Å². The molecule has 3 heterocycles. The molecule has 0 unspecified atom stereocenters. The Labute approximate surface area is 167 Å². The first kappa shape index (κ1) is 18.7. The number of rotatable bonds is 4. The van der Waals surface area contributed by atoms with Gasteiger partial charge >= 0.3 is 6.03 Å². The van der Waals surface area contributed by atoms with E-state index in [9.17, 15) is 9.18 Å². The molecule has 3 aromatic rings. The average Bonchev–Trinajstić information content (AvgIpc) is 2.77. The molecule has 0 saturated carbocycles. The van der Waals surface area contributed by atoms with Crippen LogP contribution in [-0.4, -0.2) is 47.1 Å². The molecule has 148 valence electrons. The van der Waals surface area contributed by atoms with Gasteiger partial charge in [-0.2, -0.15) is 0 Å². The largest absolute Gasteiger partial charge is 0.439 e. The van der Waals surface area contributed by atoms with Crippen LogP contribution < -0.4 is 15.0 Å². The molecular formula is C21H20FN5O2. The van der Waals surface area contributed by atoms with Crippen molar-refractivity contribution in [2.24, 2.45) is 0 Å². The second-order valence-corrected chi connectivity index (χ2v) is 6.55. The molecule has 2 amide bonds. The molecular weight excluding hydrogens is 373 g/mol. The number of pyridine rings is 2. The van der Waals surface area contributed by atoms with Crippen LogP contribution in [0.2, 0.25) is 0 Å². The van der Waals surface area contributed by atoms with Gasteiger partial charge in [-0.05, 0) is 42.5 Å². The lowest BCUT2D eigenvalue weighted by Crippen LogP contribution is -2.50. The topological polar surface area (TPSA) is 70.6 Å². The number of amides is 2. The van der Waals surface area contributed by atoms with Crippen LogP contribution in [-0.2, 0) is 0 Å². The summed E-state index contributed by atoms with van der Waals surface area (Å²) in [5.74, 6) is 0.522. The predicted molar refractivity (Wildman–Crippen MR) is 108 cm³/mol. The second-order valence-electron chi connectivity index (χ2n) is 6.55. The first-order valence-electron chi connectivity index (χ1n) is 9.28. The Balaban J connectivity index is 1.29. The summed E-state index contributed by atoms with van der Waals surface area (Å²) in [6, 6.07) is 12.8. The first-order valence-corrected chi connectivity index (χ1v) is 9.28. The maximum absolute atomic E-state index is 12.9. The molecule has 1 aromatic carbocycles. The van der Waals surface area contributed by atoms with E-state index < -0.39 is 0 Å². The van der Waals surface area contributed by atoms with E-state index in [2.05, 4.69) is 20.2 Å². The van der Waals surface area contributed by atoms with Crippen LogP contribution >= 0.6 is 0 Å². The lowest BCUT2D eigenvalue weighted by molar-refractivity contribution is 0.208. The molecule has 29 heavy (non-hydrogen) atoms. The Morgan fingerprint density at radius 1 is 0.966 bits per heavy atom. The van der Waals surface area contributed by atoms with Gasteiger partial charge in [0.05, 0.1) is 11.9 Å². The summed E-state index contributed by atoms with van der Waals surface area (Å²) >= 11 is 0. The van der Waals surface area contributed by atoms with Crippen LogP contribution in [0.5, 0.6) is 11.6 Å². The van der Waals surface area contributed by atoms with Gasteiger partial charge in [-0.15, -0.1) is 0 Å². The Morgan fingerprint density at radius 2 is 1.69 bits per heavy atom. The predicted octanol–water partition coefficient (Wildman–Crippen LogP) is 3.76. The van der Waals surface area contributed by atoms with Gasteiger partial charge in [0.25, 0.3) is 0 Å². The minimum atomic E-state index is -0.329. The molecule has 1 N–H and O–H groups in total. The highest BCUT2D eigenvalue weighted by molar-refractivity contribution is 5.89. The summed E-state index contributed by atoms with van der Waals surface area (Å²) in [5, 5.41) is 2.86. The second kappa shape index (κ2) is 8.55. The number of carbonyl (C=O) groups excluding carboxylic acids is 1. The quantitative estimate of drug-likeness (QED) is 0.731. The van der Waals surface area contributed by atoms with Gasteiger partial charge in [-0.1, -0.05) is 0 Å². The zero-order chi connectivity index (χ0) is 20.1. The number of aromatic nitrogens is 2. The highest BCUT2D eigenvalue weighted by atomic mass is 19.1. The normalized spacial score (nSPS) is 13.8. The van der Waals surface area contributed by atoms with Crippen LogP contribution in [0, 0.1) is 5.82 Å². The van der Waals surface area contributed by atoms with Crippen molar-refractivity contribution in [2.75, 3.05) is 36.4 Å². The van der Waals surface area contributed by atoms with Gasteiger partial charge in [0.1, 0.15) is 11.6 Å². The van der Waals surface area contributed by atoms with E-state index >= 15 is 0 Å². The van der Waals surface area contributed by atoms with Crippen molar-refractivity contribution in [3.8, 4) is 11.6 Å². The third kappa shape index (κ3) is 4.78. The number of nitrogens with zero attached hydrogens (tertiary/aromatic N) is 4. The lowest BCUT2D eigenvalue weighted by Gasteiger charge is -2.35. The minimum Gasteiger partial charge on any atom is -0.439 e. The number of hydrogen-bond donors (Lipinski definition) is 1. The fourth-order valence-corrected chi connectivity index (χ4v) is 3.06.